The largest absolute Gasteiger partial charge is 0.455 e. The zero-order valence-corrected chi connectivity index (χ0v) is 26.4. The first-order chi connectivity index (χ1) is 22.5. The molecular formula is C43H34N2O. The summed E-state index contributed by atoms with van der Waals surface area (Å²) in [6.07, 6.45) is 16.1. The van der Waals surface area contributed by atoms with Gasteiger partial charge in [-0.1, -0.05) is 109 Å². The highest BCUT2D eigenvalue weighted by Gasteiger charge is 2.23. The lowest BCUT2D eigenvalue weighted by molar-refractivity contribution is 0.668. The van der Waals surface area contributed by atoms with Crippen LogP contribution in [0.4, 0.5) is 0 Å². The second-order valence-electron chi connectivity index (χ2n) is 13.0. The van der Waals surface area contributed by atoms with Gasteiger partial charge in [0.05, 0.1) is 16.7 Å². The Morgan fingerprint density at radius 1 is 0.761 bits per heavy atom. The topological polar surface area (TPSA) is 38.9 Å². The van der Waals surface area contributed by atoms with Crippen LogP contribution in [0.1, 0.15) is 57.8 Å². The fourth-order valence-electron chi connectivity index (χ4n) is 8.04. The number of allylic oxidation sites excluding steroid dienone is 5. The van der Waals surface area contributed by atoms with Gasteiger partial charge in [-0.2, -0.15) is 0 Å². The first-order valence-electron chi connectivity index (χ1n) is 16.3. The highest BCUT2D eigenvalue weighted by Crippen LogP contribution is 2.43. The Kier molecular flexibility index (Phi) is 6.11. The number of aryl methyl sites for hydroxylation is 4. The van der Waals surface area contributed by atoms with Gasteiger partial charge in [0.15, 0.2) is 0 Å². The van der Waals surface area contributed by atoms with Gasteiger partial charge in [0.2, 0.25) is 0 Å². The summed E-state index contributed by atoms with van der Waals surface area (Å²) in [5.74, 6) is 0.121. The lowest BCUT2D eigenvalue weighted by atomic mass is 9.87. The summed E-state index contributed by atoms with van der Waals surface area (Å²) >= 11 is 0. The molecule has 3 nitrogen and oxygen atoms in total. The van der Waals surface area contributed by atoms with Gasteiger partial charge in [-0.05, 0) is 73.2 Å². The van der Waals surface area contributed by atoms with Gasteiger partial charge < -0.3 is 4.42 Å². The van der Waals surface area contributed by atoms with E-state index >= 15 is 0 Å². The predicted octanol–water partition coefficient (Wildman–Crippen LogP) is 11.4. The van der Waals surface area contributed by atoms with E-state index in [9.17, 15) is 0 Å². The molecule has 2 aliphatic carbocycles. The van der Waals surface area contributed by atoms with Gasteiger partial charge in [-0.15, -0.1) is 0 Å². The van der Waals surface area contributed by atoms with E-state index < -0.39 is 0 Å². The van der Waals surface area contributed by atoms with Crippen LogP contribution in [0, 0.1) is 20.8 Å². The van der Waals surface area contributed by atoms with Crippen molar-refractivity contribution in [2.45, 2.75) is 46.0 Å². The molecule has 3 heteroatoms. The summed E-state index contributed by atoms with van der Waals surface area (Å²) in [5.41, 5.74) is 16.2. The van der Waals surface area contributed by atoms with Gasteiger partial charge in [-0.25, -0.2) is 4.98 Å². The zero-order chi connectivity index (χ0) is 30.9. The van der Waals surface area contributed by atoms with Crippen molar-refractivity contribution < 1.29 is 4.42 Å². The summed E-state index contributed by atoms with van der Waals surface area (Å²) in [7, 11) is 0. The minimum absolute atomic E-state index is 0.121. The first kappa shape index (κ1) is 27.1. The fourth-order valence-corrected chi connectivity index (χ4v) is 8.04. The average Bonchev–Trinajstić information content (AvgIpc) is 3.48. The lowest BCUT2D eigenvalue weighted by Gasteiger charge is -2.20. The summed E-state index contributed by atoms with van der Waals surface area (Å²) in [4.78, 5) is 10.4. The highest BCUT2D eigenvalue weighted by atomic mass is 16.3. The Hall–Kier alpha value is -5.28. The number of para-hydroxylation sites is 2. The highest BCUT2D eigenvalue weighted by molar-refractivity contribution is 6.12. The molecule has 222 valence electrons. The molecule has 2 aliphatic rings. The van der Waals surface area contributed by atoms with Gasteiger partial charge in [0.1, 0.15) is 11.2 Å². The molecule has 1 unspecified atom stereocenters. The second-order valence-corrected chi connectivity index (χ2v) is 13.0. The molecule has 0 radical (unpaired) electrons. The van der Waals surface area contributed by atoms with E-state index in [0.29, 0.717) is 0 Å². The number of fused-ring (bicyclic) bond motifs is 9. The molecule has 0 N–H and O–H groups in total. The van der Waals surface area contributed by atoms with Gasteiger partial charge in [-0.3, -0.25) is 4.98 Å². The van der Waals surface area contributed by atoms with E-state index in [2.05, 4.69) is 124 Å². The molecule has 0 bridgehead atoms. The maximum Gasteiger partial charge on any atom is 0.143 e. The normalized spacial score (nSPS) is 16.1. The number of hydrogen-bond donors (Lipinski definition) is 0. The van der Waals surface area contributed by atoms with Crippen LogP contribution in [0.3, 0.4) is 0 Å². The Balaban J connectivity index is 1.14. The summed E-state index contributed by atoms with van der Waals surface area (Å²) < 4.78 is 6.86. The number of rotatable bonds is 3. The molecule has 2 aromatic heterocycles. The van der Waals surface area contributed by atoms with Crippen LogP contribution in [0.25, 0.3) is 66.5 Å². The average molecular weight is 595 g/mol. The summed E-state index contributed by atoms with van der Waals surface area (Å²) in [5, 5.41) is 4.80. The van der Waals surface area contributed by atoms with Crippen LogP contribution in [0.15, 0.2) is 108 Å². The molecule has 2 heterocycles. The van der Waals surface area contributed by atoms with Crippen LogP contribution in [0.5, 0.6) is 0 Å². The van der Waals surface area contributed by atoms with Crippen LogP contribution in [0.2, 0.25) is 0 Å². The van der Waals surface area contributed by atoms with Crippen molar-refractivity contribution in [2.75, 3.05) is 0 Å². The summed E-state index contributed by atoms with van der Waals surface area (Å²) in [6, 6.07) is 26.3. The Labute approximate surface area is 268 Å². The van der Waals surface area contributed by atoms with Crippen LogP contribution in [-0.4, -0.2) is 9.97 Å². The molecular weight excluding hydrogens is 560 g/mol. The minimum atomic E-state index is 0.121. The molecule has 1 atom stereocenters. The van der Waals surface area contributed by atoms with E-state index in [-0.39, 0.29) is 5.92 Å². The molecule has 0 saturated carbocycles. The molecule has 0 amide bonds. The summed E-state index contributed by atoms with van der Waals surface area (Å²) in [6.45, 7) is 6.56. The third kappa shape index (κ3) is 4.11. The lowest BCUT2D eigenvalue weighted by Crippen LogP contribution is -2.06. The van der Waals surface area contributed by atoms with Crippen molar-refractivity contribution in [1.29, 1.82) is 0 Å². The van der Waals surface area contributed by atoms with E-state index in [1.54, 1.807) is 0 Å². The second kappa shape index (κ2) is 10.4. The molecule has 0 saturated heterocycles. The third-order valence-electron chi connectivity index (χ3n) is 10.0. The number of hydrogen-bond acceptors (Lipinski definition) is 3. The zero-order valence-electron chi connectivity index (χ0n) is 26.4. The standard InChI is InChI=1S/C43H34N2O/c1-25-21-26(2)39(27(3)22-25)37-20-10-19-36-35-18-9-17-30(42(35)46-43(36)37)28-11-8-12-29(23-28)38-24-44-40-33-15-6-4-13-31(33)32-14-5-7-16-34(32)41(40)45-38/h5-12,14-22,24,29H,4,13,23H2,1-3H3. The van der Waals surface area contributed by atoms with Crippen molar-refractivity contribution >= 4 is 55.4 Å². The van der Waals surface area contributed by atoms with E-state index in [4.69, 9.17) is 14.4 Å². The number of benzene rings is 5. The maximum atomic E-state index is 6.86. The van der Waals surface area contributed by atoms with Crippen molar-refractivity contribution in [3.63, 3.8) is 0 Å². The van der Waals surface area contributed by atoms with E-state index in [0.717, 1.165) is 69.1 Å². The SMILES string of the molecule is Cc1cc(C)c(-c2cccc3c2oc2c(C4=CC=CC(c5cnc6c7c(c8ccccc8c6n5)CCC=C7)C4)cccc23)c(C)c1. The smallest absolute Gasteiger partial charge is 0.143 e. The quantitative estimate of drug-likeness (QED) is 0.191. The predicted molar refractivity (Wildman–Crippen MR) is 192 cm³/mol. The molecule has 5 aromatic carbocycles. The Bertz CT molecular complexity index is 2470. The maximum absolute atomic E-state index is 6.86. The third-order valence-corrected chi connectivity index (χ3v) is 10.0. The van der Waals surface area contributed by atoms with Gasteiger partial charge in [0.25, 0.3) is 0 Å². The van der Waals surface area contributed by atoms with Gasteiger partial charge in [0, 0.05) is 45.0 Å². The number of furan rings is 1. The molecule has 7 aromatic rings. The van der Waals surface area contributed by atoms with Crippen LogP contribution in [-0.2, 0) is 6.42 Å². The molecule has 9 rings (SSSR count). The Morgan fingerprint density at radius 3 is 2.28 bits per heavy atom. The van der Waals surface area contributed by atoms with Crippen LogP contribution >= 0.6 is 0 Å². The molecule has 46 heavy (non-hydrogen) atoms. The van der Waals surface area contributed by atoms with E-state index in [1.165, 1.54) is 49.7 Å². The van der Waals surface area contributed by atoms with Crippen molar-refractivity contribution in [1.82, 2.24) is 9.97 Å². The Morgan fingerprint density at radius 2 is 1.48 bits per heavy atom. The molecule has 0 fully saturated rings. The van der Waals surface area contributed by atoms with Crippen LogP contribution < -0.4 is 0 Å². The van der Waals surface area contributed by atoms with Gasteiger partial charge >= 0.3 is 0 Å². The van der Waals surface area contributed by atoms with Crippen molar-refractivity contribution in [3.05, 3.63) is 142 Å². The first-order valence-corrected chi connectivity index (χ1v) is 16.3. The monoisotopic (exact) mass is 594 g/mol. The van der Waals surface area contributed by atoms with Crippen molar-refractivity contribution in [2.24, 2.45) is 0 Å². The number of nitrogens with zero attached hydrogens (tertiary/aromatic N) is 2. The fraction of sp³-hybridized carbons (Fsp3) is 0.163. The molecule has 0 aliphatic heterocycles. The minimum Gasteiger partial charge on any atom is -0.455 e. The van der Waals surface area contributed by atoms with Crippen molar-refractivity contribution in [3.8, 4) is 11.1 Å². The number of aromatic nitrogens is 2. The molecule has 0 spiro atoms. The van der Waals surface area contributed by atoms with E-state index in [1.807, 2.05) is 6.20 Å².